The number of rotatable bonds is 4. The van der Waals surface area contributed by atoms with Crippen LogP contribution in [0.5, 0.6) is 0 Å². The van der Waals surface area contributed by atoms with Gasteiger partial charge in [0.1, 0.15) is 16.2 Å². The van der Waals surface area contributed by atoms with Gasteiger partial charge in [-0.1, -0.05) is 29.8 Å². The second-order valence-corrected chi connectivity index (χ2v) is 8.65. The predicted octanol–water partition coefficient (Wildman–Crippen LogP) is 6.27. The van der Waals surface area contributed by atoms with E-state index in [4.69, 9.17) is 16.0 Å². The molecule has 0 bridgehead atoms. The van der Waals surface area contributed by atoms with Crippen LogP contribution in [0.25, 0.3) is 32.1 Å². The second kappa shape index (κ2) is 7.05. The lowest BCUT2D eigenvalue weighted by Crippen LogP contribution is -1.86. The molecule has 0 aliphatic carbocycles. The van der Waals surface area contributed by atoms with Crippen LogP contribution in [0.3, 0.4) is 0 Å². The van der Waals surface area contributed by atoms with E-state index in [0.717, 1.165) is 31.2 Å². The molecule has 0 fully saturated rings. The Morgan fingerprint density at radius 1 is 1.00 bits per heavy atom. The Kier molecular flexibility index (Phi) is 4.41. The van der Waals surface area contributed by atoms with Gasteiger partial charge in [0.15, 0.2) is 0 Å². The quantitative estimate of drug-likeness (QED) is 0.314. The van der Waals surface area contributed by atoms with Gasteiger partial charge in [0.05, 0.1) is 10.3 Å². The summed E-state index contributed by atoms with van der Waals surface area (Å²) in [6.45, 7) is 0. The third-order valence-corrected chi connectivity index (χ3v) is 6.65. The van der Waals surface area contributed by atoms with Crippen LogP contribution in [0, 0.1) is 0 Å². The molecule has 0 aliphatic rings. The van der Waals surface area contributed by atoms with Crippen LogP contribution in [-0.2, 0) is 0 Å². The van der Waals surface area contributed by atoms with E-state index in [2.05, 4.69) is 25.5 Å². The number of hydrogen-bond donors (Lipinski definition) is 0. The van der Waals surface area contributed by atoms with Crippen LogP contribution in [0.4, 0.5) is 0 Å². The highest BCUT2D eigenvalue weighted by Gasteiger charge is 2.17. The van der Waals surface area contributed by atoms with Crippen LogP contribution in [0.1, 0.15) is 0 Å². The molecule has 5 rings (SSSR count). The number of fused-ring (bicyclic) bond motifs is 1. The Balaban J connectivity index is 1.55. The lowest BCUT2D eigenvalue weighted by molar-refractivity contribution is 0.466. The summed E-state index contributed by atoms with van der Waals surface area (Å²) in [6, 6.07) is 11.6. The fraction of sp³-hybridized carbons (Fsp3) is 0. The van der Waals surface area contributed by atoms with Crippen molar-refractivity contribution in [3.8, 4) is 21.9 Å². The Labute approximate surface area is 171 Å². The standard InChI is InChI=1S/C18H9ClN4OS3/c19-11-5-3-10(4-6-11)12-8-26-16-14(12)17(21-9-20-16)27-18-23-22-15(24-18)13-2-1-7-25-13/h1-9H. The highest BCUT2D eigenvalue weighted by Crippen LogP contribution is 2.40. The zero-order valence-corrected chi connectivity index (χ0v) is 16.7. The van der Waals surface area contributed by atoms with Crippen LogP contribution in [0.2, 0.25) is 5.02 Å². The minimum Gasteiger partial charge on any atom is -0.410 e. The molecular formula is C18H9ClN4OS3. The van der Waals surface area contributed by atoms with Crippen molar-refractivity contribution in [1.29, 1.82) is 0 Å². The van der Waals surface area contributed by atoms with Gasteiger partial charge in [-0.15, -0.1) is 32.9 Å². The van der Waals surface area contributed by atoms with Crippen molar-refractivity contribution in [2.24, 2.45) is 0 Å². The zero-order chi connectivity index (χ0) is 18.2. The van der Waals surface area contributed by atoms with Gasteiger partial charge in [-0.3, -0.25) is 0 Å². The number of hydrogen-bond acceptors (Lipinski definition) is 8. The molecule has 9 heteroatoms. The molecule has 0 amide bonds. The van der Waals surface area contributed by atoms with Crippen molar-refractivity contribution in [1.82, 2.24) is 20.2 Å². The van der Waals surface area contributed by atoms with Crippen LogP contribution in [0.15, 0.2) is 68.2 Å². The van der Waals surface area contributed by atoms with Gasteiger partial charge in [-0.05, 0) is 40.9 Å². The summed E-state index contributed by atoms with van der Waals surface area (Å²) in [5.74, 6) is 0.515. The average molecular weight is 429 g/mol. The summed E-state index contributed by atoms with van der Waals surface area (Å²) in [5, 5.41) is 15.3. The van der Waals surface area contributed by atoms with Gasteiger partial charge >= 0.3 is 0 Å². The molecule has 0 N–H and O–H groups in total. The molecule has 5 nitrogen and oxygen atoms in total. The van der Waals surface area contributed by atoms with Gasteiger partial charge in [0, 0.05) is 16.0 Å². The molecule has 4 aromatic heterocycles. The fourth-order valence-corrected chi connectivity index (χ4v) is 5.13. The van der Waals surface area contributed by atoms with Crippen LogP contribution < -0.4 is 0 Å². The predicted molar refractivity (Wildman–Crippen MR) is 110 cm³/mol. The lowest BCUT2D eigenvalue weighted by Gasteiger charge is -2.03. The summed E-state index contributed by atoms with van der Waals surface area (Å²) >= 11 is 10.5. The van der Waals surface area contributed by atoms with Crippen LogP contribution >= 0.6 is 46.0 Å². The van der Waals surface area contributed by atoms with Crippen molar-refractivity contribution in [2.45, 2.75) is 10.2 Å². The van der Waals surface area contributed by atoms with Gasteiger partial charge in [-0.2, -0.15) is 0 Å². The molecule has 0 spiro atoms. The van der Waals surface area contributed by atoms with Gasteiger partial charge in [0.2, 0.25) is 0 Å². The molecule has 27 heavy (non-hydrogen) atoms. The molecule has 0 saturated carbocycles. The van der Waals surface area contributed by atoms with Gasteiger partial charge < -0.3 is 4.42 Å². The summed E-state index contributed by atoms with van der Waals surface area (Å²) < 4.78 is 5.80. The number of nitrogens with zero attached hydrogens (tertiary/aromatic N) is 4. The number of benzene rings is 1. The minimum absolute atomic E-state index is 0.451. The third kappa shape index (κ3) is 3.25. The first-order valence-electron chi connectivity index (χ1n) is 7.81. The van der Waals surface area contributed by atoms with Crippen molar-refractivity contribution < 1.29 is 4.42 Å². The van der Waals surface area contributed by atoms with Crippen molar-refractivity contribution >= 4 is 56.3 Å². The lowest BCUT2D eigenvalue weighted by atomic mass is 10.1. The largest absolute Gasteiger partial charge is 0.410 e. The number of aromatic nitrogens is 4. The third-order valence-electron chi connectivity index (χ3n) is 3.81. The summed E-state index contributed by atoms with van der Waals surface area (Å²) in [4.78, 5) is 10.7. The van der Waals surface area contributed by atoms with Gasteiger partial charge in [0.25, 0.3) is 11.1 Å². The minimum atomic E-state index is 0.451. The van der Waals surface area contributed by atoms with E-state index in [-0.39, 0.29) is 0 Å². The maximum Gasteiger partial charge on any atom is 0.283 e. The van der Waals surface area contributed by atoms with Crippen molar-refractivity contribution in [3.63, 3.8) is 0 Å². The monoisotopic (exact) mass is 428 g/mol. The molecule has 4 heterocycles. The van der Waals surface area contributed by atoms with E-state index >= 15 is 0 Å². The molecule has 0 aliphatic heterocycles. The first kappa shape index (κ1) is 16.9. The smallest absolute Gasteiger partial charge is 0.283 e. The topological polar surface area (TPSA) is 64.7 Å². The summed E-state index contributed by atoms with van der Waals surface area (Å²) in [7, 11) is 0. The highest BCUT2D eigenvalue weighted by atomic mass is 35.5. The van der Waals surface area contributed by atoms with E-state index < -0.39 is 0 Å². The zero-order valence-electron chi connectivity index (χ0n) is 13.5. The molecule has 0 saturated heterocycles. The van der Waals surface area contributed by atoms with E-state index in [1.54, 1.807) is 29.0 Å². The molecule has 1 aromatic carbocycles. The summed E-state index contributed by atoms with van der Waals surface area (Å²) in [5.41, 5.74) is 2.12. The molecule has 0 radical (unpaired) electrons. The molecule has 132 valence electrons. The maximum absolute atomic E-state index is 6.02. The van der Waals surface area contributed by atoms with E-state index in [1.807, 2.05) is 41.8 Å². The number of halogens is 1. The second-order valence-electron chi connectivity index (χ2n) is 5.47. The first-order chi connectivity index (χ1) is 13.3. The molecule has 0 atom stereocenters. The highest BCUT2D eigenvalue weighted by molar-refractivity contribution is 7.99. The fourth-order valence-electron chi connectivity index (χ4n) is 2.60. The Hall–Kier alpha value is -2.26. The van der Waals surface area contributed by atoms with Gasteiger partial charge in [-0.25, -0.2) is 9.97 Å². The van der Waals surface area contributed by atoms with E-state index in [0.29, 0.717) is 16.1 Å². The maximum atomic E-state index is 6.02. The first-order valence-corrected chi connectivity index (χ1v) is 10.8. The Morgan fingerprint density at radius 2 is 1.89 bits per heavy atom. The number of thiophene rings is 2. The molecule has 0 unspecified atom stereocenters. The van der Waals surface area contributed by atoms with E-state index in [9.17, 15) is 0 Å². The Bertz CT molecular complexity index is 1220. The Morgan fingerprint density at radius 3 is 2.70 bits per heavy atom. The summed E-state index contributed by atoms with van der Waals surface area (Å²) in [6.07, 6.45) is 1.56. The van der Waals surface area contributed by atoms with Crippen molar-refractivity contribution in [2.75, 3.05) is 0 Å². The van der Waals surface area contributed by atoms with Crippen molar-refractivity contribution in [3.05, 3.63) is 58.5 Å². The molecular weight excluding hydrogens is 420 g/mol. The van der Waals surface area contributed by atoms with E-state index in [1.165, 1.54) is 11.8 Å². The molecule has 5 aromatic rings. The SMILES string of the molecule is Clc1ccc(-c2csc3ncnc(Sc4nnc(-c5cccs5)o4)c23)cc1. The normalized spacial score (nSPS) is 11.3. The van der Waals surface area contributed by atoms with Crippen LogP contribution in [-0.4, -0.2) is 20.2 Å². The average Bonchev–Trinajstić information content (AvgIpc) is 3.43.